The third kappa shape index (κ3) is 3.95. The molecule has 0 spiro atoms. The average molecular weight is 360 g/mol. The molecule has 116 valence electrons. The van der Waals surface area contributed by atoms with Crippen LogP contribution >= 0.6 is 15.9 Å². The molecule has 0 aliphatic carbocycles. The van der Waals surface area contributed by atoms with Crippen molar-refractivity contribution in [3.63, 3.8) is 0 Å². The lowest BCUT2D eigenvalue weighted by molar-refractivity contribution is 0.866. The average Bonchev–Trinajstić information content (AvgIpc) is 2.49. The fraction of sp³-hybridized carbons (Fsp3) is 0.333. The second kappa shape index (κ2) is 7.54. The standard InChI is InChI=1S/C18H22BrN3/c1-5-22(6-2)16-9-7-15(8-10-16)20-21-18-14(4)11-13(3)12-17(18)19/h7-12H,5-6H2,1-4H3. The molecule has 0 atom stereocenters. The van der Waals surface area contributed by atoms with Crippen molar-refractivity contribution in [2.45, 2.75) is 27.7 Å². The van der Waals surface area contributed by atoms with Crippen LogP contribution in [0.3, 0.4) is 0 Å². The molecule has 0 aliphatic heterocycles. The van der Waals surface area contributed by atoms with Gasteiger partial charge >= 0.3 is 0 Å². The van der Waals surface area contributed by atoms with E-state index in [0.29, 0.717) is 0 Å². The largest absolute Gasteiger partial charge is 0.372 e. The van der Waals surface area contributed by atoms with Gasteiger partial charge in [0.15, 0.2) is 0 Å². The number of benzene rings is 2. The number of hydrogen-bond donors (Lipinski definition) is 0. The third-order valence-electron chi connectivity index (χ3n) is 3.64. The molecule has 2 rings (SSSR count). The topological polar surface area (TPSA) is 28.0 Å². The number of anilines is 1. The molecule has 0 saturated heterocycles. The van der Waals surface area contributed by atoms with Crippen LogP contribution in [0.2, 0.25) is 0 Å². The van der Waals surface area contributed by atoms with Gasteiger partial charge in [0.1, 0.15) is 5.69 Å². The van der Waals surface area contributed by atoms with Gasteiger partial charge in [-0.15, -0.1) is 5.11 Å². The van der Waals surface area contributed by atoms with Crippen LogP contribution in [0.4, 0.5) is 17.1 Å². The molecule has 0 heterocycles. The van der Waals surface area contributed by atoms with Crippen molar-refractivity contribution < 1.29 is 0 Å². The van der Waals surface area contributed by atoms with Gasteiger partial charge < -0.3 is 4.90 Å². The van der Waals surface area contributed by atoms with E-state index in [4.69, 9.17) is 0 Å². The summed E-state index contributed by atoms with van der Waals surface area (Å²) in [4.78, 5) is 2.31. The van der Waals surface area contributed by atoms with Crippen LogP contribution < -0.4 is 4.90 Å². The lowest BCUT2D eigenvalue weighted by atomic mass is 10.1. The highest BCUT2D eigenvalue weighted by Gasteiger charge is 2.04. The van der Waals surface area contributed by atoms with E-state index >= 15 is 0 Å². The minimum absolute atomic E-state index is 0.864. The predicted molar refractivity (Wildman–Crippen MR) is 97.8 cm³/mol. The normalized spacial score (nSPS) is 11.1. The van der Waals surface area contributed by atoms with Crippen molar-refractivity contribution in [2.75, 3.05) is 18.0 Å². The van der Waals surface area contributed by atoms with Crippen LogP contribution in [0.25, 0.3) is 0 Å². The lowest BCUT2D eigenvalue weighted by Gasteiger charge is -2.20. The number of rotatable bonds is 5. The Kier molecular flexibility index (Phi) is 5.72. The Labute approximate surface area is 141 Å². The predicted octanol–water partition coefficient (Wildman–Crippen LogP) is 6.33. The summed E-state index contributed by atoms with van der Waals surface area (Å²) in [6.07, 6.45) is 0. The van der Waals surface area contributed by atoms with Crippen LogP contribution in [0.1, 0.15) is 25.0 Å². The van der Waals surface area contributed by atoms with Crippen molar-refractivity contribution in [3.05, 3.63) is 52.0 Å². The molecule has 4 heteroatoms. The van der Waals surface area contributed by atoms with Crippen molar-refractivity contribution in [1.82, 2.24) is 0 Å². The molecule has 0 aromatic heterocycles. The van der Waals surface area contributed by atoms with E-state index in [-0.39, 0.29) is 0 Å². The van der Waals surface area contributed by atoms with E-state index < -0.39 is 0 Å². The highest BCUT2D eigenvalue weighted by atomic mass is 79.9. The Hall–Kier alpha value is -1.68. The third-order valence-corrected chi connectivity index (χ3v) is 4.25. The smallest absolute Gasteiger partial charge is 0.103 e. The Balaban J connectivity index is 2.21. The molecule has 2 aromatic carbocycles. The number of nitrogens with zero attached hydrogens (tertiary/aromatic N) is 3. The Morgan fingerprint density at radius 3 is 2.14 bits per heavy atom. The number of azo groups is 1. The molecule has 3 nitrogen and oxygen atoms in total. The fourth-order valence-electron chi connectivity index (χ4n) is 2.46. The summed E-state index contributed by atoms with van der Waals surface area (Å²) < 4.78 is 0.980. The minimum Gasteiger partial charge on any atom is -0.372 e. The van der Waals surface area contributed by atoms with E-state index in [1.54, 1.807) is 0 Å². The first-order valence-electron chi connectivity index (χ1n) is 7.58. The number of halogens is 1. The lowest BCUT2D eigenvalue weighted by Crippen LogP contribution is -2.21. The molecule has 0 N–H and O–H groups in total. The summed E-state index contributed by atoms with van der Waals surface area (Å²) in [7, 11) is 0. The van der Waals surface area contributed by atoms with Gasteiger partial charge in [0.05, 0.1) is 5.69 Å². The summed E-state index contributed by atoms with van der Waals surface area (Å²) >= 11 is 3.56. The van der Waals surface area contributed by atoms with E-state index in [2.05, 4.69) is 83.0 Å². The highest BCUT2D eigenvalue weighted by Crippen LogP contribution is 2.32. The molecule has 0 radical (unpaired) electrons. The monoisotopic (exact) mass is 359 g/mol. The Morgan fingerprint density at radius 1 is 0.955 bits per heavy atom. The first kappa shape index (κ1) is 16.7. The maximum atomic E-state index is 4.40. The van der Waals surface area contributed by atoms with Gasteiger partial charge in [-0.05, 0) is 85.1 Å². The zero-order valence-electron chi connectivity index (χ0n) is 13.6. The van der Waals surface area contributed by atoms with Gasteiger partial charge in [-0.1, -0.05) is 6.07 Å². The molecular formula is C18H22BrN3. The SMILES string of the molecule is CCN(CC)c1ccc(N=Nc2c(C)cc(C)cc2Br)cc1. The first-order valence-corrected chi connectivity index (χ1v) is 8.38. The van der Waals surface area contributed by atoms with E-state index in [1.807, 2.05) is 12.1 Å². The van der Waals surface area contributed by atoms with Crippen LogP contribution in [-0.2, 0) is 0 Å². The van der Waals surface area contributed by atoms with Crippen molar-refractivity contribution >= 4 is 33.0 Å². The van der Waals surface area contributed by atoms with E-state index in [1.165, 1.54) is 11.3 Å². The number of hydrogen-bond acceptors (Lipinski definition) is 3. The Morgan fingerprint density at radius 2 is 1.59 bits per heavy atom. The van der Waals surface area contributed by atoms with Gasteiger partial charge in [-0.3, -0.25) is 0 Å². The molecule has 22 heavy (non-hydrogen) atoms. The molecule has 0 amide bonds. The van der Waals surface area contributed by atoms with Gasteiger partial charge in [0.2, 0.25) is 0 Å². The second-order valence-corrected chi connectivity index (χ2v) is 6.16. The summed E-state index contributed by atoms with van der Waals surface area (Å²) in [5.74, 6) is 0. The van der Waals surface area contributed by atoms with Crippen LogP contribution in [0, 0.1) is 13.8 Å². The molecule has 0 aliphatic rings. The van der Waals surface area contributed by atoms with Crippen molar-refractivity contribution in [2.24, 2.45) is 10.2 Å². The zero-order chi connectivity index (χ0) is 16.1. The van der Waals surface area contributed by atoms with Crippen molar-refractivity contribution in [3.8, 4) is 0 Å². The summed E-state index contributed by atoms with van der Waals surface area (Å²) in [5, 5.41) is 8.75. The summed E-state index contributed by atoms with van der Waals surface area (Å²) in [6.45, 7) is 10.5. The van der Waals surface area contributed by atoms with Crippen molar-refractivity contribution in [1.29, 1.82) is 0 Å². The van der Waals surface area contributed by atoms with Gasteiger partial charge in [0.25, 0.3) is 0 Å². The maximum absolute atomic E-state index is 4.40. The molecule has 0 saturated carbocycles. The fourth-order valence-corrected chi connectivity index (χ4v) is 3.21. The van der Waals surface area contributed by atoms with E-state index in [0.717, 1.165) is 34.5 Å². The first-order chi connectivity index (χ1) is 10.5. The second-order valence-electron chi connectivity index (χ2n) is 5.30. The maximum Gasteiger partial charge on any atom is 0.103 e. The number of aryl methyl sites for hydroxylation is 2. The molecular weight excluding hydrogens is 338 g/mol. The quantitative estimate of drug-likeness (QED) is 0.573. The summed E-state index contributed by atoms with van der Waals surface area (Å²) in [6, 6.07) is 12.4. The Bertz CT molecular complexity index is 636. The van der Waals surface area contributed by atoms with Crippen LogP contribution in [0.15, 0.2) is 51.1 Å². The zero-order valence-corrected chi connectivity index (χ0v) is 15.2. The minimum atomic E-state index is 0.864. The van der Waals surface area contributed by atoms with Crippen LogP contribution in [-0.4, -0.2) is 13.1 Å². The van der Waals surface area contributed by atoms with Crippen LogP contribution in [0.5, 0.6) is 0 Å². The molecule has 0 fully saturated rings. The van der Waals surface area contributed by atoms with E-state index in [9.17, 15) is 0 Å². The molecule has 2 aromatic rings. The molecule has 0 bridgehead atoms. The molecule has 0 unspecified atom stereocenters. The van der Waals surface area contributed by atoms with Gasteiger partial charge in [-0.2, -0.15) is 5.11 Å². The van der Waals surface area contributed by atoms with Gasteiger partial charge in [-0.25, -0.2) is 0 Å². The van der Waals surface area contributed by atoms with Gasteiger partial charge in [0, 0.05) is 23.2 Å². The highest BCUT2D eigenvalue weighted by molar-refractivity contribution is 9.10. The summed E-state index contributed by atoms with van der Waals surface area (Å²) in [5.41, 5.74) is 5.31.